The SMILES string of the molecule is CO[C@H](CNC(=O)NC(c1ccccc1)c1ccccc1)c1ccc(C)s1. The zero-order chi connectivity index (χ0) is 19.1. The molecule has 4 nitrogen and oxygen atoms in total. The largest absolute Gasteiger partial charge is 0.374 e. The average molecular weight is 381 g/mol. The van der Waals surface area contributed by atoms with Crippen molar-refractivity contribution < 1.29 is 9.53 Å². The standard InChI is InChI=1S/C22H24N2O2S/c1-16-13-14-20(27-16)19(26-2)15-23-22(25)24-21(17-9-5-3-6-10-17)18-11-7-4-8-12-18/h3-14,19,21H,15H2,1-2H3,(H2,23,24,25)/t19-/m1/s1. The van der Waals surface area contributed by atoms with Gasteiger partial charge in [-0.3, -0.25) is 0 Å². The van der Waals surface area contributed by atoms with Crippen molar-refractivity contribution in [2.75, 3.05) is 13.7 Å². The van der Waals surface area contributed by atoms with Crippen LogP contribution in [0.15, 0.2) is 72.8 Å². The normalized spacial score (nSPS) is 12.0. The number of amides is 2. The van der Waals surface area contributed by atoms with Crippen LogP contribution in [0, 0.1) is 6.92 Å². The zero-order valence-corrected chi connectivity index (χ0v) is 16.3. The van der Waals surface area contributed by atoms with Gasteiger partial charge in [0.25, 0.3) is 0 Å². The van der Waals surface area contributed by atoms with Crippen LogP contribution in [0.25, 0.3) is 0 Å². The molecule has 1 atom stereocenters. The van der Waals surface area contributed by atoms with Crippen molar-refractivity contribution in [3.8, 4) is 0 Å². The lowest BCUT2D eigenvalue weighted by atomic mass is 9.99. The summed E-state index contributed by atoms with van der Waals surface area (Å²) in [4.78, 5) is 14.9. The molecule has 0 bridgehead atoms. The Kier molecular flexibility index (Phi) is 6.63. The van der Waals surface area contributed by atoms with Crippen LogP contribution >= 0.6 is 11.3 Å². The van der Waals surface area contributed by atoms with Crippen molar-refractivity contribution in [2.45, 2.75) is 19.1 Å². The number of nitrogens with one attached hydrogen (secondary N) is 2. The van der Waals surface area contributed by atoms with E-state index in [1.54, 1.807) is 18.4 Å². The molecule has 3 rings (SSSR count). The summed E-state index contributed by atoms with van der Waals surface area (Å²) in [5, 5.41) is 6.03. The summed E-state index contributed by atoms with van der Waals surface area (Å²) in [5.74, 6) is 0. The van der Waals surface area contributed by atoms with Crippen molar-refractivity contribution >= 4 is 17.4 Å². The number of aryl methyl sites for hydroxylation is 1. The first-order valence-corrected chi connectivity index (χ1v) is 9.72. The van der Waals surface area contributed by atoms with Gasteiger partial charge < -0.3 is 15.4 Å². The maximum Gasteiger partial charge on any atom is 0.315 e. The number of hydrogen-bond acceptors (Lipinski definition) is 3. The van der Waals surface area contributed by atoms with Crippen molar-refractivity contribution in [2.24, 2.45) is 0 Å². The van der Waals surface area contributed by atoms with Crippen LogP contribution in [0.3, 0.4) is 0 Å². The van der Waals surface area contributed by atoms with Gasteiger partial charge in [0.05, 0.1) is 12.6 Å². The lowest BCUT2D eigenvalue weighted by molar-refractivity contribution is 0.106. The topological polar surface area (TPSA) is 50.4 Å². The lowest BCUT2D eigenvalue weighted by Crippen LogP contribution is -2.40. The highest BCUT2D eigenvalue weighted by Crippen LogP contribution is 2.25. The van der Waals surface area contributed by atoms with Crippen LogP contribution in [-0.4, -0.2) is 19.7 Å². The molecule has 0 saturated carbocycles. The van der Waals surface area contributed by atoms with E-state index in [2.05, 4.69) is 23.6 Å². The Hall–Kier alpha value is -2.63. The summed E-state index contributed by atoms with van der Waals surface area (Å²) in [6.45, 7) is 2.48. The van der Waals surface area contributed by atoms with Crippen molar-refractivity contribution in [1.82, 2.24) is 10.6 Å². The zero-order valence-electron chi connectivity index (χ0n) is 15.5. The molecule has 1 heterocycles. The molecular formula is C22H24N2O2S. The Morgan fingerprint density at radius 1 is 0.963 bits per heavy atom. The molecule has 0 unspecified atom stereocenters. The Morgan fingerprint density at radius 3 is 2.04 bits per heavy atom. The summed E-state index contributed by atoms with van der Waals surface area (Å²) >= 11 is 1.68. The predicted octanol–water partition coefficient (Wildman–Crippen LogP) is 4.83. The lowest BCUT2D eigenvalue weighted by Gasteiger charge is -2.21. The Labute approximate surface area is 164 Å². The molecule has 5 heteroatoms. The second-order valence-corrected chi connectivity index (χ2v) is 7.60. The Balaban J connectivity index is 1.68. The van der Waals surface area contributed by atoms with Crippen molar-refractivity contribution in [1.29, 1.82) is 0 Å². The molecule has 0 aliphatic rings. The number of urea groups is 1. The summed E-state index contributed by atoms with van der Waals surface area (Å²) in [5.41, 5.74) is 2.08. The molecule has 27 heavy (non-hydrogen) atoms. The molecule has 0 saturated heterocycles. The number of rotatable bonds is 7. The predicted molar refractivity (Wildman–Crippen MR) is 110 cm³/mol. The van der Waals surface area contributed by atoms with Gasteiger partial charge in [0.1, 0.15) is 6.10 Å². The molecule has 3 aromatic rings. The van der Waals surface area contributed by atoms with Gasteiger partial charge in [-0.15, -0.1) is 11.3 Å². The van der Waals surface area contributed by atoms with E-state index in [0.29, 0.717) is 6.54 Å². The van der Waals surface area contributed by atoms with E-state index in [1.165, 1.54) is 4.88 Å². The van der Waals surface area contributed by atoms with Gasteiger partial charge >= 0.3 is 6.03 Å². The average Bonchev–Trinajstić information content (AvgIpc) is 3.14. The molecule has 0 spiro atoms. The van der Waals surface area contributed by atoms with E-state index in [0.717, 1.165) is 16.0 Å². The molecule has 0 aliphatic heterocycles. The van der Waals surface area contributed by atoms with Crippen LogP contribution in [0.1, 0.15) is 33.0 Å². The summed E-state index contributed by atoms with van der Waals surface area (Å²) in [6, 6.07) is 23.6. The number of ether oxygens (including phenoxy) is 1. The Morgan fingerprint density at radius 2 is 1.56 bits per heavy atom. The van der Waals surface area contributed by atoms with E-state index < -0.39 is 0 Å². The minimum Gasteiger partial charge on any atom is -0.374 e. The second kappa shape index (κ2) is 9.35. The molecule has 2 N–H and O–H groups in total. The first kappa shape index (κ1) is 19.1. The van der Waals surface area contributed by atoms with Gasteiger partial charge in [-0.25, -0.2) is 4.79 Å². The number of carbonyl (C=O) groups is 1. The number of methoxy groups -OCH3 is 1. The molecule has 2 amide bonds. The van der Waals surface area contributed by atoms with Crippen LogP contribution in [0.5, 0.6) is 0 Å². The minimum atomic E-state index is -0.219. The molecule has 0 fully saturated rings. The number of thiophene rings is 1. The van der Waals surface area contributed by atoms with E-state index in [1.807, 2.05) is 66.7 Å². The van der Waals surface area contributed by atoms with E-state index >= 15 is 0 Å². The fraction of sp³-hybridized carbons (Fsp3) is 0.227. The highest BCUT2D eigenvalue weighted by molar-refractivity contribution is 7.12. The summed E-state index contributed by atoms with van der Waals surface area (Å²) in [6.07, 6.45) is -0.152. The molecule has 140 valence electrons. The van der Waals surface area contributed by atoms with Gasteiger partial charge in [0, 0.05) is 16.9 Å². The summed E-state index contributed by atoms with van der Waals surface area (Å²) in [7, 11) is 1.66. The highest BCUT2D eigenvalue weighted by Gasteiger charge is 2.18. The van der Waals surface area contributed by atoms with Gasteiger partial charge in [-0.2, -0.15) is 0 Å². The van der Waals surface area contributed by atoms with E-state index in [9.17, 15) is 4.79 Å². The first-order valence-electron chi connectivity index (χ1n) is 8.90. The number of carbonyl (C=O) groups excluding carboxylic acids is 1. The van der Waals surface area contributed by atoms with Gasteiger partial charge in [0.15, 0.2) is 0 Å². The van der Waals surface area contributed by atoms with Crippen LogP contribution in [0.2, 0.25) is 0 Å². The maximum atomic E-state index is 12.6. The minimum absolute atomic E-state index is 0.152. The van der Waals surface area contributed by atoms with Crippen molar-refractivity contribution in [3.05, 3.63) is 93.7 Å². The van der Waals surface area contributed by atoms with Crippen molar-refractivity contribution in [3.63, 3.8) is 0 Å². The van der Waals surface area contributed by atoms with Crippen LogP contribution in [0.4, 0.5) is 4.79 Å². The fourth-order valence-corrected chi connectivity index (χ4v) is 3.90. The Bertz CT molecular complexity index is 810. The quantitative estimate of drug-likeness (QED) is 0.617. The van der Waals surface area contributed by atoms with Gasteiger partial charge in [-0.1, -0.05) is 60.7 Å². The molecule has 0 aliphatic carbocycles. The highest BCUT2D eigenvalue weighted by atomic mass is 32.1. The third kappa shape index (κ3) is 5.18. The molecule has 1 aromatic heterocycles. The smallest absolute Gasteiger partial charge is 0.315 e. The van der Waals surface area contributed by atoms with Gasteiger partial charge in [0.2, 0.25) is 0 Å². The number of hydrogen-bond donors (Lipinski definition) is 2. The monoisotopic (exact) mass is 380 g/mol. The summed E-state index contributed by atoms with van der Waals surface area (Å²) < 4.78 is 5.54. The van der Waals surface area contributed by atoms with E-state index in [4.69, 9.17) is 4.74 Å². The van der Waals surface area contributed by atoms with Gasteiger partial charge in [-0.05, 0) is 30.2 Å². The molecule has 0 radical (unpaired) electrons. The molecular weight excluding hydrogens is 356 g/mol. The van der Waals surface area contributed by atoms with Crippen LogP contribution < -0.4 is 10.6 Å². The first-order chi connectivity index (χ1) is 13.2. The maximum absolute atomic E-state index is 12.6. The third-order valence-electron chi connectivity index (χ3n) is 4.35. The molecule has 2 aromatic carbocycles. The van der Waals surface area contributed by atoms with Crippen LogP contribution in [-0.2, 0) is 4.74 Å². The number of benzene rings is 2. The second-order valence-electron chi connectivity index (χ2n) is 6.28. The van der Waals surface area contributed by atoms with E-state index in [-0.39, 0.29) is 18.2 Å². The fourth-order valence-electron chi connectivity index (χ4n) is 2.94. The third-order valence-corrected chi connectivity index (χ3v) is 5.44.